The molecule has 8 heteroatoms. The molecule has 1 fully saturated rings. The van der Waals surface area contributed by atoms with Crippen LogP contribution in [0.25, 0.3) is 0 Å². The van der Waals surface area contributed by atoms with E-state index in [1.54, 1.807) is 7.05 Å². The Labute approximate surface area is 120 Å². The van der Waals surface area contributed by atoms with Gasteiger partial charge in [0.1, 0.15) is 4.90 Å². The fourth-order valence-electron chi connectivity index (χ4n) is 2.45. The van der Waals surface area contributed by atoms with Crippen molar-refractivity contribution in [3.63, 3.8) is 0 Å². The van der Waals surface area contributed by atoms with Gasteiger partial charge < -0.3 is 5.73 Å². The summed E-state index contributed by atoms with van der Waals surface area (Å²) in [6.07, 6.45) is 6.91. The van der Waals surface area contributed by atoms with E-state index in [1.165, 1.54) is 17.1 Å². The van der Waals surface area contributed by atoms with Gasteiger partial charge in [-0.15, -0.1) is 12.4 Å². The highest BCUT2D eigenvalue weighted by atomic mass is 35.5. The van der Waals surface area contributed by atoms with Crippen LogP contribution in [0, 0.1) is 5.92 Å². The Hall–Kier alpha value is -0.630. The number of sulfonamides is 1. The lowest BCUT2D eigenvalue weighted by Gasteiger charge is -2.30. The summed E-state index contributed by atoms with van der Waals surface area (Å²) in [5.74, 6) is 0.241. The number of aromatic nitrogens is 2. The molecule has 0 aliphatic heterocycles. The predicted octanol–water partition coefficient (Wildman–Crippen LogP) is 0.638. The van der Waals surface area contributed by atoms with Crippen molar-refractivity contribution < 1.29 is 8.42 Å². The summed E-state index contributed by atoms with van der Waals surface area (Å²) in [4.78, 5) is 0.214. The Morgan fingerprint density at radius 3 is 2.74 bits per heavy atom. The van der Waals surface area contributed by atoms with Gasteiger partial charge in [0.05, 0.1) is 6.20 Å². The molecular formula is C11H21ClN4O2S. The van der Waals surface area contributed by atoms with Crippen molar-refractivity contribution >= 4 is 22.4 Å². The van der Waals surface area contributed by atoms with Crippen molar-refractivity contribution in [2.24, 2.45) is 18.7 Å². The van der Waals surface area contributed by atoms with Crippen LogP contribution in [0.1, 0.15) is 25.7 Å². The highest BCUT2D eigenvalue weighted by Crippen LogP contribution is 2.25. The van der Waals surface area contributed by atoms with E-state index in [9.17, 15) is 8.42 Å². The molecule has 2 rings (SSSR count). The molecule has 0 amide bonds. The van der Waals surface area contributed by atoms with Crippen molar-refractivity contribution in [2.75, 3.05) is 6.54 Å². The molecule has 1 saturated carbocycles. The second-order valence-corrected chi connectivity index (χ2v) is 6.57. The molecule has 6 nitrogen and oxygen atoms in total. The zero-order valence-electron chi connectivity index (χ0n) is 10.9. The minimum absolute atomic E-state index is 0. The SMILES string of the molecule is Cl.Cn1cc(S(=O)(=O)NC2CCCCC2CN)cn1. The third-order valence-electron chi connectivity index (χ3n) is 3.51. The van der Waals surface area contributed by atoms with Gasteiger partial charge in [-0.1, -0.05) is 12.8 Å². The lowest BCUT2D eigenvalue weighted by atomic mass is 9.85. The van der Waals surface area contributed by atoms with Crippen LogP contribution in [-0.2, 0) is 17.1 Å². The molecule has 2 unspecified atom stereocenters. The van der Waals surface area contributed by atoms with Crippen LogP contribution < -0.4 is 10.5 Å². The fourth-order valence-corrected chi connectivity index (χ4v) is 3.77. The van der Waals surface area contributed by atoms with Gasteiger partial charge >= 0.3 is 0 Å². The van der Waals surface area contributed by atoms with E-state index in [-0.39, 0.29) is 29.3 Å². The van der Waals surface area contributed by atoms with Crippen molar-refractivity contribution in [2.45, 2.75) is 36.6 Å². The molecule has 1 heterocycles. The summed E-state index contributed by atoms with van der Waals surface area (Å²) < 4.78 is 28.6. The van der Waals surface area contributed by atoms with E-state index in [1.807, 2.05) is 0 Å². The standard InChI is InChI=1S/C11H20N4O2S.ClH/c1-15-8-10(7-13-15)18(16,17)14-11-5-3-2-4-9(11)6-12;/h7-9,11,14H,2-6,12H2,1H3;1H. The van der Waals surface area contributed by atoms with E-state index in [0.29, 0.717) is 6.54 Å². The minimum Gasteiger partial charge on any atom is -0.330 e. The van der Waals surface area contributed by atoms with Crippen LogP contribution in [0.5, 0.6) is 0 Å². The lowest BCUT2D eigenvalue weighted by molar-refractivity contribution is 0.296. The van der Waals surface area contributed by atoms with Crippen LogP contribution in [0.15, 0.2) is 17.3 Å². The smallest absolute Gasteiger partial charge is 0.243 e. The van der Waals surface area contributed by atoms with Crippen molar-refractivity contribution in [3.05, 3.63) is 12.4 Å². The third-order valence-corrected chi connectivity index (χ3v) is 4.95. The summed E-state index contributed by atoms with van der Waals surface area (Å²) in [6, 6.07) is -0.0473. The van der Waals surface area contributed by atoms with E-state index in [4.69, 9.17) is 5.73 Å². The van der Waals surface area contributed by atoms with Gasteiger partial charge in [0.25, 0.3) is 0 Å². The number of nitrogens with one attached hydrogen (secondary N) is 1. The van der Waals surface area contributed by atoms with E-state index in [0.717, 1.165) is 25.7 Å². The number of hydrogen-bond donors (Lipinski definition) is 2. The van der Waals surface area contributed by atoms with Gasteiger partial charge in [-0.05, 0) is 25.3 Å². The Kier molecular flexibility index (Phi) is 5.79. The van der Waals surface area contributed by atoms with Gasteiger partial charge in [-0.2, -0.15) is 5.10 Å². The first kappa shape index (κ1) is 16.4. The monoisotopic (exact) mass is 308 g/mol. The highest BCUT2D eigenvalue weighted by molar-refractivity contribution is 7.89. The van der Waals surface area contributed by atoms with Gasteiger partial charge in [-0.25, -0.2) is 13.1 Å². The van der Waals surface area contributed by atoms with Gasteiger partial charge in [0, 0.05) is 19.3 Å². The number of nitrogens with two attached hydrogens (primary N) is 1. The van der Waals surface area contributed by atoms with Crippen molar-refractivity contribution in [1.82, 2.24) is 14.5 Å². The Morgan fingerprint density at radius 1 is 1.47 bits per heavy atom. The summed E-state index contributed by atoms with van der Waals surface area (Å²) in [7, 11) is -1.77. The van der Waals surface area contributed by atoms with E-state index >= 15 is 0 Å². The van der Waals surface area contributed by atoms with E-state index < -0.39 is 10.0 Å². The highest BCUT2D eigenvalue weighted by Gasteiger charge is 2.29. The molecular weight excluding hydrogens is 288 g/mol. The van der Waals surface area contributed by atoms with Crippen LogP contribution in [0.3, 0.4) is 0 Å². The zero-order chi connectivity index (χ0) is 13.2. The lowest BCUT2D eigenvalue weighted by Crippen LogP contribution is -2.44. The number of nitrogens with zero attached hydrogens (tertiary/aromatic N) is 2. The normalized spacial score (nSPS) is 23.9. The molecule has 1 aliphatic rings. The molecule has 0 radical (unpaired) electrons. The number of rotatable bonds is 4. The van der Waals surface area contributed by atoms with Crippen LogP contribution in [-0.4, -0.2) is 30.8 Å². The van der Waals surface area contributed by atoms with Crippen molar-refractivity contribution in [3.8, 4) is 0 Å². The minimum atomic E-state index is -3.47. The zero-order valence-corrected chi connectivity index (χ0v) is 12.6. The Bertz CT molecular complexity index is 503. The third kappa shape index (κ3) is 3.92. The fraction of sp³-hybridized carbons (Fsp3) is 0.727. The first-order valence-corrected chi connectivity index (χ1v) is 7.72. The van der Waals surface area contributed by atoms with Crippen LogP contribution >= 0.6 is 12.4 Å². The molecule has 1 aromatic rings. The maximum atomic E-state index is 12.2. The average molecular weight is 309 g/mol. The molecule has 19 heavy (non-hydrogen) atoms. The molecule has 0 aromatic carbocycles. The molecule has 2 atom stereocenters. The maximum absolute atomic E-state index is 12.2. The first-order valence-electron chi connectivity index (χ1n) is 6.24. The quantitative estimate of drug-likeness (QED) is 0.854. The van der Waals surface area contributed by atoms with Gasteiger partial charge in [0.2, 0.25) is 10.0 Å². The summed E-state index contributed by atoms with van der Waals surface area (Å²) in [6.45, 7) is 0.528. The topological polar surface area (TPSA) is 90.0 Å². The molecule has 0 bridgehead atoms. The summed E-state index contributed by atoms with van der Waals surface area (Å²) >= 11 is 0. The number of aryl methyl sites for hydroxylation is 1. The molecule has 1 aliphatic carbocycles. The van der Waals surface area contributed by atoms with Crippen LogP contribution in [0.4, 0.5) is 0 Å². The van der Waals surface area contributed by atoms with Gasteiger partial charge in [0.15, 0.2) is 0 Å². The summed E-state index contributed by atoms with van der Waals surface area (Å²) in [5.41, 5.74) is 5.70. The second-order valence-electron chi connectivity index (χ2n) is 4.86. The Balaban J connectivity index is 0.00000180. The number of halogens is 1. The second kappa shape index (κ2) is 6.69. The van der Waals surface area contributed by atoms with E-state index in [2.05, 4.69) is 9.82 Å². The maximum Gasteiger partial charge on any atom is 0.243 e. The van der Waals surface area contributed by atoms with Gasteiger partial charge in [-0.3, -0.25) is 4.68 Å². The average Bonchev–Trinajstić information content (AvgIpc) is 2.77. The largest absolute Gasteiger partial charge is 0.330 e. The molecule has 1 aromatic heterocycles. The molecule has 110 valence electrons. The van der Waals surface area contributed by atoms with Crippen molar-refractivity contribution in [1.29, 1.82) is 0 Å². The molecule has 0 spiro atoms. The summed E-state index contributed by atoms with van der Waals surface area (Å²) in [5, 5.41) is 3.89. The Morgan fingerprint density at radius 2 is 2.16 bits per heavy atom. The molecule has 0 saturated heterocycles. The predicted molar refractivity (Wildman–Crippen MR) is 75.6 cm³/mol. The first-order chi connectivity index (χ1) is 8.53. The number of hydrogen-bond acceptors (Lipinski definition) is 4. The molecule has 3 N–H and O–H groups in total. The van der Waals surface area contributed by atoms with Crippen LogP contribution in [0.2, 0.25) is 0 Å².